The first kappa shape index (κ1) is 16.9. The number of aryl methyl sites for hydroxylation is 2. The van der Waals surface area contributed by atoms with E-state index < -0.39 is 0 Å². The Bertz CT molecular complexity index is 847. The molecule has 1 heterocycles. The molecular formula is C20H21FN4. The second-order valence-electron chi connectivity index (χ2n) is 5.83. The van der Waals surface area contributed by atoms with Gasteiger partial charge in [-0.1, -0.05) is 37.3 Å². The van der Waals surface area contributed by atoms with E-state index in [2.05, 4.69) is 52.6 Å². The van der Waals surface area contributed by atoms with E-state index in [1.54, 1.807) is 18.3 Å². The predicted octanol–water partition coefficient (Wildman–Crippen LogP) is 4.84. The Balaban J connectivity index is 1.72. The van der Waals surface area contributed by atoms with Crippen molar-refractivity contribution in [1.82, 2.24) is 9.97 Å². The number of hydrogen-bond donors (Lipinski definition) is 2. The lowest BCUT2D eigenvalue weighted by molar-refractivity contribution is 0.627. The van der Waals surface area contributed by atoms with Gasteiger partial charge in [-0.2, -0.15) is 4.98 Å². The summed E-state index contributed by atoms with van der Waals surface area (Å²) in [6.07, 6.45) is 2.66. The predicted molar refractivity (Wildman–Crippen MR) is 99.6 cm³/mol. The second kappa shape index (κ2) is 7.75. The summed E-state index contributed by atoms with van der Waals surface area (Å²) in [6.45, 7) is 4.75. The van der Waals surface area contributed by atoms with Crippen molar-refractivity contribution in [3.8, 4) is 0 Å². The van der Waals surface area contributed by atoms with E-state index in [4.69, 9.17) is 0 Å². The third kappa shape index (κ3) is 4.32. The van der Waals surface area contributed by atoms with Crippen molar-refractivity contribution in [2.45, 2.75) is 26.8 Å². The maximum absolute atomic E-state index is 13.0. The minimum Gasteiger partial charge on any atom is -0.350 e. The number of anilines is 3. The van der Waals surface area contributed by atoms with Crippen LogP contribution >= 0.6 is 0 Å². The molecule has 3 rings (SSSR count). The quantitative estimate of drug-likeness (QED) is 0.676. The number of rotatable bonds is 6. The van der Waals surface area contributed by atoms with E-state index >= 15 is 0 Å². The van der Waals surface area contributed by atoms with E-state index in [1.165, 1.54) is 23.3 Å². The summed E-state index contributed by atoms with van der Waals surface area (Å²) in [5, 5.41) is 6.56. The molecule has 2 N–H and O–H groups in total. The van der Waals surface area contributed by atoms with E-state index in [0.717, 1.165) is 23.5 Å². The molecule has 4 nitrogen and oxygen atoms in total. The summed E-state index contributed by atoms with van der Waals surface area (Å²) in [5.41, 5.74) is 4.49. The number of nitrogens with zero attached hydrogens (tertiary/aromatic N) is 2. The molecule has 0 aliphatic rings. The Hall–Kier alpha value is -2.95. The van der Waals surface area contributed by atoms with Crippen LogP contribution in [0.4, 0.5) is 21.8 Å². The molecule has 0 saturated carbocycles. The molecule has 0 aliphatic heterocycles. The average molecular weight is 336 g/mol. The van der Waals surface area contributed by atoms with Crippen LogP contribution in [0.1, 0.15) is 23.6 Å². The highest BCUT2D eigenvalue weighted by molar-refractivity contribution is 5.65. The number of benzene rings is 2. The Morgan fingerprint density at radius 2 is 1.84 bits per heavy atom. The third-order valence-corrected chi connectivity index (χ3v) is 4.01. The van der Waals surface area contributed by atoms with Gasteiger partial charge in [0.1, 0.15) is 11.6 Å². The summed E-state index contributed by atoms with van der Waals surface area (Å²) in [4.78, 5) is 8.75. The molecule has 0 saturated heterocycles. The lowest BCUT2D eigenvalue weighted by Gasteiger charge is -2.14. The molecule has 0 atom stereocenters. The number of nitrogens with one attached hydrogen (secondary N) is 2. The van der Waals surface area contributed by atoms with Crippen molar-refractivity contribution in [3.63, 3.8) is 0 Å². The van der Waals surface area contributed by atoms with Gasteiger partial charge >= 0.3 is 0 Å². The fraction of sp³-hybridized carbons (Fsp3) is 0.200. The van der Waals surface area contributed by atoms with Crippen LogP contribution in [0.5, 0.6) is 0 Å². The maximum atomic E-state index is 13.0. The summed E-state index contributed by atoms with van der Waals surface area (Å²) < 4.78 is 13.0. The third-order valence-electron chi connectivity index (χ3n) is 4.01. The van der Waals surface area contributed by atoms with E-state index in [9.17, 15) is 4.39 Å². The molecule has 128 valence electrons. The van der Waals surface area contributed by atoms with Crippen LogP contribution in [0.15, 0.2) is 54.7 Å². The molecule has 0 bridgehead atoms. The molecule has 0 spiro atoms. The highest BCUT2D eigenvalue weighted by Crippen LogP contribution is 2.24. The van der Waals surface area contributed by atoms with Gasteiger partial charge in [-0.25, -0.2) is 9.37 Å². The van der Waals surface area contributed by atoms with Crippen LogP contribution in [0.2, 0.25) is 0 Å². The van der Waals surface area contributed by atoms with Crippen LogP contribution in [0, 0.1) is 12.7 Å². The SMILES string of the molecule is CCc1cccc(C)c1Nc1ccnc(NCc2ccc(F)cc2)n1. The van der Waals surface area contributed by atoms with Crippen molar-refractivity contribution in [1.29, 1.82) is 0 Å². The first-order valence-electron chi connectivity index (χ1n) is 8.32. The zero-order valence-electron chi connectivity index (χ0n) is 14.4. The average Bonchev–Trinajstić information content (AvgIpc) is 2.63. The molecule has 2 aromatic carbocycles. The maximum Gasteiger partial charge on any atom is 0.224 e. The van der Waals surface area contributed by atoms with Crippen LogP contribution in [0.25, 0.3) is 0 Å². The van der Waals surface area contributed by atoms with E-state index in [0.29, 0.717) is 12.5 Å². The Kier molecular flexibility index (Phi) is 5.23. The summed E-state index contributed by atoms with van der Waals surface area (Å²) in [6, 6.07) is 14.5. The standard InChI is InChI=1S/C20H21FN4/c1-3-16-6-4-5-14(2)19(16)24-18-11-12-22-20(25-18)23-13-15-7-9-17(21)10-8-15/h4-12H,3,13H2,1-2H3,(H2,22,23,24,25). The fourth-order valence-corrected chi connectivity index (χ4v) is 2.63. The molecule has 0 unspecified atom stereocenters. The number of halogens is 1. The molecule has 1 aromatic heterocycles. The van der Waals surface area contributed by atoms with E-state index in [1.807, 2.05) is 6.07 Å². The van der Waals surface area contributed by atoms with Crippen molar-refractivity contribution in [2.24, 2.45) is 0 Å². The first-order valence-corrected chi connectivity index (χ1v) is 8.32. The van der Waals surface area contributed by atoms with Gasteiger partial charge in [0.05, 0.1) is 0 Å². The highest BCUT2D eigenvalue weighted by Gasteiger charge is 2.06. The minimum absolute atomic E-state index is 0.240. The van der Waals surface area contributed by atoms with Crippen molar-refractivity contribution >= 4 is 17.5 Å². The van der Waals surface area contributed by atoms with Crippen molar-refractivity contribution in [2.75, 3.05) is 10.6 Å². The second-order valence-corrected chi connectivity index (χ2v) is 5.83. The molecule has 0 radical (unpaired) electrons. The zero-order valence-corrected chi connectivity index (χ0v) is 14.4. The summed E-state index contributed by atoms with van der Waals surface area (Å²) in [5.74, 6) is 1.03. The fourth-order valence-electron chi connectivity index (χ4n) is 2.63. The minimum atomic E-state index is -0.240. The lowest BCUT2D eigenvalue weighted by Crippen LogP contribution is -2.06. The first-order chi connectivity index (χ1) is 12.2. The van der Waals surface area contributed by atoms with Gasteiger partial charge in [-0.3, -0.25) is 0 Å². The normalized spacial score (nSPS) is 10.5. The molecule has 0 amide bonds. The van der Waals surface area contributed by atoms with Gasteiger partial charge < -0.3 is 10.6 Å². The number of hydrogen-bond acceptors (Lipinski definition) is 4. The number of para-hydroxylation sites is 1. The molecule has 0 aliphatic carbocycles. The Morgan fingerprint density at radius 1 is 1.04 bits per heavy atom. The van der Waals surface area contributed by atoms with Gasteiger partial charge in [-0.05, 0) is 48.2 Å². The molecular weight excluding hydrogens is 315 g/mol. The monoisotopic (exact) mass is 336 g/mol. The summed E-state index contributed by atoms with van der Waals surface area (Å²) >= 11 is 0. The van der Waals surface area contributed by atoms with Crippen LogP contribution in [-0.2, 0) is 13.0 Å². The number of aromatic nitrogens is 2. The lowest BCUT2D eigenvalue weighted by atomic mass is 10.1. The Labute approximate surface area is 147 Å². The molecule has 5 heteroatoms. The van der Waals surface area contributed by atoms with Crippen LogP contribution in [0.3, 0.4) is 0 Å². The van der Waals surface area contributed by atoms with Gasteiger partial charge in [0.2, 0.25) is 5.95 Å². The Morgan fingerprint density at radius 3 is 2.60 bits per heavy atom. The highest BCUT2D eigenvalue weighted by atomic mass is 19.1. The van der Waals surface area contributed by atoms with Crippen LogP contribution in [-0.4, -0.2) is 9.97 Å². The summed E-state index contributed by atoms with van der Waals surface area (Å²) in [7, 11) is 0. The van der Waals surface area contributed by atoms with Gasteiger partial charge in [0, 0.05) is 18.4 Å². The largest absolute Gasteiger partial charge is 0.350 e. The topological polar surface area (TPSA) is 49.8 Å². The van der Waals surface area contributed by atoms with Gasteiger partial charge in [0.25, 0.3) is 0 Å². The van der Waals surface area contributed by atoms with Crippen molar-refractivity contribution in [3.05, 3.63) is 77.2 Å². The smallest absolute Gasteiger partial charge is 0.224 e. The zero-order chi connectivity index (χ0) is 17.6. The van der Waals surface area contributed by atoms with Crippen LogP contribution < -0.4 is 10.6 Å². The van der Waals surface area contributed by atoms with E-state index in [-0.39, 0.29) is 5.82 Å². The molecule has 0 fully saturated rings. The van der Waals surface area contributed by atoms with Crippen molar-refractivity contribution < 1.29 is 4.39 Å². The van der Waals surface area contributed by atoms with Gasteiger partial charge in [-0.15, -0.1) is 0 Å². The molecule has 25 heavy (non-hydrogen) atoms. The van der Waals surface area contributed by atoms with Gasteiger partial charge in [0.15, 0.2) is 0 Å². The molecule has 3 aromatic rings.